The van der Waals surface area contributed by atoms with Gasteiger partial charge in [-0.1, -0.05) is 0 Å². The van der Waals surface area contributed by atoms with Crippen LogP contribution in [0.3, 0.4) is 0 Å². The normalized spacial score (nSPS) is 14.9. The van der Waals surface area contributed by atoms with Crippen molar-refractivity contribution in [2.24, 2.45) is 0 Å². The highest BCUT2D eigenvalue weighted by molar-refractivity contribution is 9.11. The molecule has 1 aliphatic rings. The molecule has 0 aliphatic carbocycles. The third-order valence-electron chi connectivity index (χ3n) is 4.87. The Bertz CT molecular complexity index is 1030. The third-order valence-corrected chi connectivity index (χ3v) is 6.48. The molecule has 0 unspecified atom stereocenters. The summed E-state index contributed by atoms with van der Waals surface area (Å²) in [6.45, 7) is 3.61. The molecule has 2 aromatic heterocycles. The van der Waals surface area contributed by atoms with Crippen molar-refractivity contribution in [1.29, 1.82) is 0 Å². The van der Waals surface area contributed by atoms with Gasteiger partial charge in [-0.2, -0.15) is 0 Å². The molecule has 1 amide bonds. The van der Waals surface area contributed by atoms with E-state index in [1.54, 1.807) is 45.3 Å². The summed E-state index contributed by atoms with van der Waals surface area (Å²) in [5, 5.41) is 11.5. The number of benzene rings is 1. The van der Waals surface area contributed by atoms with Crippen molar-refractivity contribution in [2.45, 2.75) is 6.54 Å². The molecule has 1 saturated heterocycles. The number of nitrogens with zero attached hydrogens (tertiary/aromatic N) is 5. The number of thiophene rings is 1. The van der Waals surface area contributed by atoms with Gasteiger partial charge in [-0.3, -0.25) is 19.8 Å². The van der Waals surface area contributed by atoms with E-state index in [9.17, 15) is 14.9 Å². The van der Waals surface area contributed by atoms with E-state index < -0.39 is 4.92 Å². The van der Waals surface area contributed by atoms with E-state index in [1.807, 2.05) is 6.07 Å². The summed E-state index contributed by atoms with van der Waals surface area (Å²) in [5.41, 5.74) is 0.600. The number of amides is 1. The number of nitro benzene ring substituents is 1. The Morgan fingerprint density at radius 1 is 1.21 bits per heavy atom. The molecule has 0 atom stereocenters. The number of imidazole rings is 1. The molecule has 0 spiro atoms. The smallest absolute Gasteiger partial charge is 0.294 e. The zero-order valence-corrected chi connectivity index (χ0v) is 17.8. The van der Waals surface area contributed by atoms with Crippen LogP contribution in [0.1, 0.15) is 15.2 Å². The fourth-order valence-corrected chi connectivity index (χ4v) is 4.90. The molecule has 8 nitrogen and oxygen atoms in total. The van der Waals surface area contributed by atoms with E-state index in [2.05, 4.69) is 31.9 Å². The summed E-state index contributed by atoms with van der Waals surface area (Å²) < 4.78 is 2.68. The van der Waals surface area contributed by atoms with E-state index in [-0.39, 0.29) is 11.6 Å². The SMILES string of the molecule is O=C(c1ccc(-n2ccnc2)c([N+](=O)[O-])c1)N1CCN(Cc2ccc(Br)s2)CC1. The first-order chi connectivity index (χ1) is 14.0. The Labute approximate surface area is 179 Å². The molecular weight excluding hydrogens is 458 g/mol. The van der Waals surface area contributed by atoms with Gasteiger partial charge in [-0.05, 0) is 40.2 Å². The minimum atomic E-state index is -0.469. The number of hydrogen-bond acceptors (Lipinski definition) is 6. The molecule has 4 rings (SSSR count). The number of halogens is 1. The van der Waals surface area contributed by atoms with Gasteiger partial charge in [-0.15, -0.1) is 11.3 Å². The fourth-order valence-electron chi connectivity index (χ4n) is 3.37. The Morgan fingerprint density at radius 2 is 2.00 bits per heavy atom. The zero-order valence-electron chi connectivity index (χ0n) is 15.4. The van der Waals surface area contributed by atoms with Crippen LogP contribution in [0.4, 0.5) is 5.69 Å². The lowest BCUT2D eigenvalue weighted by Gasteiger charge is -2.34. The van der Waals surface area contributed by atoms with Gasteiger partial charge < -0.3 is 9.47 Å². The van der Waals surface area contributed by atoms with Crippen LogP contribution in [-0.2, 0) is 6.54 Å². The van der Waals surface area contributed by atoms with Gasteiger partial charge >= 0.3 is 0 Å². The van der Waals surface area contributed by atoms with Crippen LogP contribution >= 0.6 is 27.3 Å². The highest BCUT2D eigenvalue weighted by atomic mass is 79.9. The molecule has 29 heavy (non-hydrogen) atoms. The van der Waals surface area contributed by atoms with Gasteiger partial charge in [0.05, 0.1) is 15.0 Å². The molecule has 3 aromatic rings. The highest BCUT2D eigenvalue weighted by Gasteiger charge is 2.25. The molecule has 1 aromatic carbocycles. The molecular formula is C19H18BrN5O3S. The van der Waals surface area contributed by atoms with Crippen LogP contribution < -0.4 is 0 Å². The summed E-state index contributed by atoms with van der Waals surface area (Å²) in [6, 6.07) is 8.73. The largest absolute Gasteiger partial charge is 0.336 e. The lowest BCUT2D eigenvalue weighted by molar-refractivity contribution is -0.384. The van der Waals surface area contributed by atoms with Crippen molar-refractivity contribution in [3.8, 4) is 5.69 Å². The molecule has 150 valence electrons. The number of rotatable bonds is 5. The predicted octanol–water partition coefficient (Wildman–Crippen LogP) is 3.56. The fraction of sp³-hybridized carbons (Fsp3) is 0.263. The van der Waals surface area contributed by atoms with Crippen LogP contribution in [0.25, 0.3) is 5.69 Å². The average Bonchev–Trinajstić information content (AvgIpc) is 3.39. The molecule has 0 saturated carbocycles. The van der Waals surface area contributed by atoms with Crippen molar-refractivity contribution in [1.82, 2.24) is 19.4 Å². The van der Waals surface area contributed by atoms with Crippen LogP contribution in [-0.4, -0.2) is 56.4 Å². The van der Waals surface area contributed by atoms with Crippen LogP contribution in [0.2, 0.25) is 0 Å². The molecule has 0 N–H and O–H groups in total. The number of carbonyl (C=O) groups excluding carboxylic acids is 1. The van der Waals surface area contributed by atoms with Crippen molar-refractivity contribution in [3.05, 3.63) is 73.4 Å². The summed E-state index contributed by atoms with van der Waals surface area (Å²) in [5.74, 6) is -0.177. The maximum atomic E-state index is 12.9. The standard InChI is InChI=1S/C19H18BrN5O3S/c20-18-4-2-15(29-18)12-22-7-9-23(10-8-22)19(26)14-1-3-16(17(11-14)25(27)28)24-6-5-21-13-24/h1-6,11,13H,7-10,12H2. The number of aromatic nitrogens is 2. The monoisotopic (exact) mass is 475 g/mol. The highest BCUT2D eigenvalue weighted by Crippen LogP contribution is 2.26. The lowest BCUT2D eigenvalue weighted by atomic mass is 10.1. The van der Waals surface area contributed by atoms with Crippen molar-refractivity contribution >= 4 is 38.9 Å². The van der Waals surface area contributed by atoms with E-state index in [1.165, 1.54) is 17.3 Å². The van der Waals surface area contributed by atoms with Crippen LogP contribution in [0.5, 0.6) is 0 Å². The van der Waals surface area contributed by atoms with Gasteiger partial charge in [-0.25, -0.2) is 4.98 Å². The first-order valence-corrected chi connectivity index (χ1v) is 10.6. The molecule has 1 fully saturated rings. The number of nitro groups is 1. The Kier molecular flexibility index (Phi) is 5.74. The van der Waals surface area contributed by atoms with Gasteiger partial charge in [0.15, 0.2) is 0 Å². The molecule has 1 aliphatic heterocycles. The Morgan fingerprint density at radius 3 is 2.62 bits per heavy atom. The number of hydrogen-bond donors (Lipinski definition) is 0. The quantitative estimate of drug-likeness (QED) is 0.415. The first-order valence-electron chi connectivity index (χ1n) is 9.04. The zero-order chi connectivity index (χ0) is 20.4. The molecule has 0 radical (unpaired) electrons. The number of piperazine rings is 1. The van der Waals surface area contributed by atoms with Gasteiger partial charge in [0.1, 0.15) is 5.69 Å². The second kappa shape index (κ2) is 8.44. The van der Waals surface area contributed by atoms with Crippen LogP contribution in [0, 0.1) is 10.1 Å². The average molecular weight is 476 g/mol. The summed E-state index contributed by atoms with van der Waals surface area (Å²) in [6.07, 6.45) is 4.68. The van der Waals surface area contributed by atoms with E-state index in [4.69, 9.17) is 0 Å². The third kappa shape index (κ3) is 4.39. The summed E-state index contributed by atoms with van der Waals surface area (Å²) in [7, 11) is 0. The van der Waals surface area contributed by atoms with E-state index in [0.29, 0.717) is 24.3 Å². The van der Waals surface area contributed by atoms with E-state index in [0.717, 1.165) is 23.4 Å². The minimum absolute atomic E-state index is 0.115. The molecule has 10 heteroatoms. The second-order valence-corrected chi connectivity index (χ2v) is 9.25. The lowest BCUT2D eigenvalue weighted by Crippen LogP contribution is -2.48. The number of carbonyl (C=O) groups is 1. The first kappa shape index (κ1) is 19.7. The second-order valence-electron chi connectivity index (χ2n) is 6.70. The van der Waals surface area contributed by atoms with E-state index >= 15 is 0 Å². The van der Waals surface area contributed by atoms with Gasteiger partial charge in [0.25, 0.3) is 11.6 Å². The molecule has 3 heterocycles. The van der Waals surface area contributed by atoms with Gasteiger partial charge in [0, 0.05) is 61.6 Å². The predicted molar refractivity (Wildman–Crippen MR) is 113 cm³/mol. The van der Waals surface area contributed by atoms with Crippen LogP contribution in [0.15, 0.2) is 52.8 Å². The molecule has 0 bridgehead atoms. The van der Waals surface area contributed by atoms with Crippen molar-refractivity contribution < 1.29 is 9.72 Å². The minimum Gasteiger partial charge on any atom is -0.336 e. The maximum Gasteiger partial charge on any atom is 0.294 e. The summed E-state index contributed by atoms with van der Waals surface area (Å²) >= 11 is 5.19. The van der Waals surface area contributed by atoms with Crippen molar-refractivity contribution in [3.63, 3.8) is 0 Å². The Hall–Kier alpha value is -2.56. The summed E-state index contributed by atoms with van der Waals surface area (Å²) in [4.78, 5) is 33.2. The Balaban J connectivity index is 1.44. The van der Waals surface area contributed by atoms with Crippen molar-refractivity contribution in [2.75, 3.05) is 26.2 Å². The van der Waals surface area contributed by atoms with Gasteiger partial charge in [0.2, 0.25) is 0 Å². The maximum absolute atomic E-state index is 12.9. The topological polar surface area (TPSA) is 84.5 Å².